The summed E-state index contributed by atoms with van der Waals surface area (Å²) in [5, 5.41) is 11.9. The summed E-state index contributed by atoms with van der Waals surface area (Å²) in [4.78, 5) is 23.7. The van der Waals surface area contributed by atoms with Crippen LogP contribution in [-0.4, -0.2) is 22.8 Å². The third-order valence-electron chi connectivity index (χ3n) is 4.76. The number of amides is 1. The van der Waals surface area contributed by atoms with Crippen molar-refractivity contribution in [2.45, 2.75) is 66.0 Å². The fraction of sp³-hybridized carbons (Fsp3) is 0.417. The van der Waals surface area contributed by atoms with Crippen LogP contribution < -0.4 is 5.32 Å². The van der Waals surface area contributed by atoms with Crippen molar-refractivity contribution in [2.75, 3.05) is 0 Å². The van der Waals surface area contributed by atoms with Crippen LogP contribution in [0, 0.1) is 19.7 Å². The second-order valence-corrected chi connectivity index (χ2v) is 8.46. The van der Waals surface area contributed by atoms with Gasteiger partial charge in [0.1, 0.15) is 11.4 Å². The second kappa shape index (κ2) is 9.28. The first-order valence-electron chi connectivity index (χ1n) is 10.0. The van der Waals surface area contributed by atoms with E-state index in [0.717, 1.165) is 28.7 Å². The van der Waals surface area contributed by atoms with Crippen molar-refractivity contribution in [1.82, 2.24) is 5.32 Å². The summed E-state index contributed by atoms with van der Waals surface area (Å²) in [6, 6.07) is 8.31. The molecule has 6 heteroatoms. The van der Waals surface area contributed by atoms with Crippen LogP contribution in [-0.2, 0) is 16.0 Å². The third-order valence-corrected chi connectivity index (χ3v) is 4.76. The summed E-state index contributed by atoms with van der Waals surface area (Å²) in [7, 11) is 0. The number of carbonyl (C=O) groups excluding carboxylic acids is 1. The predicted molar refractivity (Wildman–Crippen MR) is 115 cm³/mol. The Labute approximate surface area is 177 Å². The van der Waals surface area contributed by atoms with Gasteiger partial charge in [-0.25, -0.2) is 9.18 Å². The molecule has 30 heavy (non-hydrogen) atoms. The van der Waals surface area contributed by atoms with Crippen LogP contribution in [0.2, 0.25) is 0 Å². The molecule has 0 bridgehead atoms. The van der Waals surface area contributed by atoms with E-state index in [9.17, 15) is 14.7 Å². The summed E-state index contributed by atoms with van der Waals surface area (Å²) in [5.41, 5.74) is 3.70. The van der Waals surface area contributed by atoms with E-state index in [1.807, 2.05) is 32.0 Å². The average Bonchev–Trinajstić information content (AvgIpc) is 2.61. The molecule has 0 saturated heterocycles. The van der Waals surface area contributed by atoms with E-state index < -0.39 is 35.9 Å². The van der Waals surface area contributed by atoms with Crippen LogP contribution >= 0.6 is 0 Å². The van der Waals surface area contributed by atoms with Crippen molar-refractivity contribution in [1.29, 1.82) is 0 Å². The molecule has 2 aromatic rings. The summed E-state index contributed by atoms with van der Waals surface area (Å²) >= 11 is 0. The van der Waals surface area contributed by atoms with Crippen molar-refractivity contribution in [3.8, 4) is 11.1 Å². The highest BCUT2D eigenvalue weighted by Gasteiger charge is 2.26. The van der Waals surface area contributed by atoms with Gasteiger partial charge in [-0.15, -0.1) is 0 Å². The number of carbonyl (C=O) groups is 2. The van der Waals surface area contributed by atoms with Crippen molar-refractivity contribution in [3.63, 3.8) is 0 Å². The van der Waals surface area contributed by atoms with Gasteiger partial charge in [-0.1, -0.05) is 25.1 Å². The van der Waals surface area contributed by atoms with Crippen molar-refractivity contribution in [3.05, 3.63) is 58.4 Å². The summed E-state index contributed by atoms with van der Waals surface area (Å²) in [5.74, 6) is -1.68. The number of aryl methyl sites for hydroxylation is 3. The van der Waals surface area contributed by atoms with Gasteiger partial charge in [0.05, 0.1) is 12.5 Å². The van der Waals surface area contributed by atoms with E-state index in [1.165, 1.54) is 0 Å². The van der Waals surface area contributed by atoms with Crippen LogP contribution in [0.3, 0.4) is 0 Å². The van der Waals surface area contributed by atoms with E-state index in [4.69, 9.17) is 4.74 Å². The van der Waals surface area contributed by atoms with Gasteiger partial charge in [0, 0.05) is 5.56 Å². The molecule has 2 N–H and O–H groups in total. The Bertz CT molecular complexity index is 947. The first kappa shape index (κ1) is 23.4. The number of nitrogens with one attached hydrogen (secondary N) is 1. The maximum atomic E-state index is 15.1. The monoisotopic (exact) mass is 415 g/mol. The molecule has 1 unspecified atom stereocenters. The van der Waals surface area contributed by atoms with E-state index in [1.54, 1.807) is 39.8 Å². The number of rotatable bonds is 6. The van der Waals surface area contributed by atoms with Gasteiger partial charge in [0.25, 0.3) is 0 Å². The van der Waals surface area contributed by atoms with Crippen LogP contribution in [0.4, 0.5) is 9.18 Å². The van der Waals surface area contributed by atoms with Crippen LogP contribution in [0.25, 0.3) is 11.1 Å². The lowest BCUT2D eigenvalue weighted by Gasteiger charge is -2.24. The molecule has 162 valence electrons. The van der Waals surface area contributed by atoms with Crippen molar-refractivity contribution < 1.29 is 23.8 Å². The molecule has 0 heterocycles. The molecule has 2 aromatic carbocycles. The normalized spacial score (nSPS) is 12.4. The Morgan fingerprint density at radius 3 is 2.40 bits per heavy atom. The third kappa shape index (κ3) is 5.81. The van der Waals surface area contributed by atoms with Crippen LogP contribution in [0.15, 0.2) is 30.3 Å². The number of carboxylic acids is 1. The molecule has 0 aliphatic rings. The Balaban J connectivity index is 2.57. The van der Waals surface area contributed by atoms with Gasteiger partial charge >= 0.3 is 12.1 Å². The highest BCUT2D eigenvalue weighted by atomic mass is 19.1. The number of ether oxygens (including phenoxy) is 1. The SMILES string of the molecule is CCc1cccc(C)c1-c1cc(C)c(F)c(C(CC(=O)O)NC(=O)OC(C)(C)C)c1. The number of carboxylic acid groups (broad SMARTS) is 1. The average molecular weight is 416 g/mol. The molecule has 0 aliphatic heterocycles. The molecule has 1 amide bonds. The lowest BCUT2D eigenvalue weighted by atomic mass is 9.89. The fourth-order valence-corrected chi connectivity index (χ4v) is 3.49. The molecular weight excluding hydrogens is 385 g/mol. The van der Waals surface area contributed by atoms with Gasteiger partial charge in [0.15, 0.2) is 0 Å². The largest absolute Gasteiger partial charge is 0.481 e. The van der Waals surface area contributed by atoms with Gasteiger partial charge in [0.2, 0.25) is 0 Å². The molecule has 0 radical (unpaired) electrons. The molecule has 0 spiro atoms. The standard InChI is InChI=1S/C24H30FNO4/c1-7-16-10-8-9-14(2)21(16)17-11-15(3)22(25)18(12-17)19(13-20(27)28)26-23(29)30-24(4,5)6/h8-12,19H,7,13H2,1-6H3,(H,26,29)(H,27,28). The molecular formula is C24H30FNO4. The Kier molecular flexibility index (Phi) is 7.24. The van der Waals surface area contributed by atoms with Gasteiger partial charge in [-0.2, -0.15) is 0 Å². The van der Waals surface area contributed by atoms with E-state index >= 15 is 4.39 Å². The Hall–Kier alpha value is -2.89. The van der Waals surface area contributed by atoms with E-state index in [0.29, 0.717) is 5.56 Å². The van der Waals surface area contributed by atoms with Crippen LogP contribution in [0.1, 0.15) is 62.4 Å². The lowest BCUT2D eigenvalue weighted by Crippen LogP contribution is -2.36. The molecule has 0 aromatic heterocycles. The maximum absolute atomic E-state index is 15.1. The first-order chi connectivity index (χ1) is 13.9. The first-order valence-corrected chi connectivity index (χ1v) is 10.0. The van der Waals surface area contributed by atoms with Gasteiger partial charge in [-0.3, -0.25) is 4.79 Å². The minimum atomic E-state index is -1.15. The van der Waals surface area contributed by atoms with Crippen molar-refractivity contribution in [2.24, 2.45) is 0 Å². The minimum absolute atomic E-state index is 0.128. The fourth-order valence-electron chi connectivity index (χ4n) is 3.49. The molecule has 0 aliphatic carbocycles. The Morgan fingerprint density at radius 2 is 1.83 bits per heavy atom. The number of hydrogen-bond donors (Lipinski definition) is 2. The summed E-state index contributed by atoms with van der Waals surface area (Å²) in [6.07, 6.45) is -0.452. The zero-order valence-electron chi connectivity index (χ0n) is 18.4. The second-order valence-electron chi connectivity index (χ2n) is 8.46. The van der Waals surface area contributed by atoms with Crippen LogP contribution in [0.5, 0.6) is 0 Å². The quantitative estimate of drug-likeness (QED) is 0.633. The predicted octanol–water partition coefficient (Wildman–Crippen LogP) is 5.71. The summed E-state index contributed by atoms with van der Waals surface area (Å²) < 4.78 is 20.3. The van der Waals surface area contributed by atoms with Gasteiger partial charge < -0.3 is 15.2 Å². The van der Waals surface area contributed by atoms with Crippen molar-refractivity contribution >= 4 is 12.1 Å². The zero-order chi connectivity index (χ0) is 22.6. The zero-order valence-corrected chi connectivity index (χ0v) is 18.4. The summed E-state index contributed by atoms with van der Waals surface area (Å²) in [6.45, 7) is 10.8. The van der Waals surface area contributed by atoms with E-state index in [2.05, 4.69) is 5.32 Å². The number of hydrogen-bond acceptors (Lipinski definition) is 3. The molecule has 0 saturated carbocycles. The topological polar surface area (TPSA) is 75.6 Å². The number of alkyl carbamates (subject to hydrolysis) is 1. The minimum Gasteiger partial charge on any atom is -0.481 e. The lowest BCUT2D eigenvalue weighted by molar-refractivity contribution is -0.137. The number of aliphatic carboxylic acids is 1. The van der Waals surface area contributed by atoms with Gasteiger partial charge in [-0.05, 0) is 81.0 Å². The van der Waals surface area contributed by atoms with E-state index in [-0.39, 0.29) is 5.56 Å². The number of halogens is 1. The highest BCUT2D eigenvalue weighted by molar-refractivity contribution is 5.75. The molecule has 5 nitrogen and oxygen atoms in total. The molecule has 0 fully saturated rings. The molecule has 1 atom stereocenters. The number of benzene rings is 2. The molecule has 2 rings (SSSR count). The Morgan fingerprint density at radius 1 is 1.17 bits per heavy atom. The highest BCUT2D eigenvalue weighted by Crippen LogP contribution is 2.33. The smallest absolute Gasteiger partial charge is 0.408 e. The maximum Gasteiger partial charge on any atom is 0.408 e.